The predicted octanol–water partition coefficient (Wildman–Crippen LogP) is 1.89. The Morgan fingerprint density at radius 1 is 1.79 bits per heavy atom. The van der Waals surface area contributed by atoms with Crippen LogP contribution in [0.15, 0.2) is 10.6 Å². The monoisotopic (exact) mass is 260 g/mol. The van der Waals surface area contributed by atoms with Crippen molar-refractivity contribution in [3.8, 4) is 0 Å². The van der Waals surface area contributed by atoms with Gasteiger partial charge in [0.1, 0.15) is 5.76 Å². The number of halogens is 1. The van der Waals surface area contributed by atoms with Crippen LogP contribution >= 0.6 is 15.9 Å². The molecular weight excluding hydrogens is 248 g/mol. The predicted molar refractivity (Wildman–Crippen MR) is 56.6 cm³/mol. The van der Waals surface area contributed by atoms with Crippen molar-refractivity contribution in [3.05, 3.63) is 17.5 Å². The zero-order valence-corrected chi connectivity index (χ0v) is 9.80. The molecule has 1 unspecified atom stereocenters. The summed E-state index contributed by atoms with van der Waals surface area (Å²) in [5, 5.41) is 6.37. The summed E-state index contributed by atoms with van der Waals surface area (Å²) < 4.78 is 4.79. The lowest BCUT2D eigenvalue weighted by atomic mass is 10.3. The van der Waals surface area contributed by atoms with Crippen LogP contribution in [0.5, 0.6) is 0 Å². The van der Waals surface area contributed by atoms with E-state index in [-0.39, 0.29) is 5.91 Å². The number of hydrogen-bond donors (Lipinski definition) is 1. The average Bonchev–Trinajstić information content (AvgIpc) is 2.51. The van der Waals surface area contributed by atoms with Gasteiger partial charge in [0.15, 0.2) is 5.69 Å². The maximum Gasteiger partial charge on any atom is 0.273 e. The molecule has 0 aromatic carbocycles. The quantitative estimate of drug-likeness (QED) is 0.842. The van der Waals surface area contributed by atoms with Crippen LogP contribution in [0.25, 0.3) is 0 Å². The molecule has 0 spiro atoms. The van der Waals surface area contributed by atoms with Crippen molar-refractivity contribution in [2.45, 2.75) is 25.1 Å². The van der Waals surface area contributed by atoms with Crippen LogP contribution < -0.4 is 5.32 Å². The van der Waals surface area contributed by atoms with Gasteiger partial charge in [-0.1, -0.05) is 28.0 Å². The lowest BCUT2D eigenvalue weighted by molar-refractivity contribution is 0.0944. The lowest BCUT2D eigenvalue weighted by Crippen LogP contribution is -2.25. The molecule has 0 radical (unpaired) electrons. The molecule has 1 heterocycles. The summed E-state index contributed by atoms with van der Waals surface area (Å²) in [6, 6.07) is 1.62. The van der Waals surface area contributed by atoms with E-state index < -0.39 is 0 Å². The van der Waals surface area contributed by atoms with Gasteiger partial charge in [0.2, 0.25) is 0 Å². The molecule has 0 fully saturated rings. The SMILES string of the molecule is Cc1cc(C(=O)NCCC(C)Br)no1. The van der Waals surface area contributed by atoms with Gasteiger partial charge in [-0.15, -0.1) is 0 Å². The second-order valence-corrected chi connectivity index (χ2v) is 4.71. The molecule has 1 rings (SSSR count). The number of aromatic nitrogens is 1. The topological polar surface area (TPSA) is 55.1 Å². The van der Waals surface area contributed by atoms with Crippen molar-refractivity contribution < 1.29 is 9.32 Å². The summed E-state index contributed by atoms with van der Waals surface area (Å²) in [6.45, 7) is 4.42. The summed E-state index contributed by atoms with van der Waals surface area (Å²) >= 11 is 3.40. The molecule has 0 bridgehead atoms. The number of hydrogen-bond acceptors (Lipinski definition) is 3. The molecule has 4 nitrogen and oxygen atoms in total. The van der Waals surface area contributed by atoms with Gasteiger partial charge in [-0.3, -0.25) is 4.79 Å². The molecule has 78 valence electrons. The zero-order chi connectivity index (χ0) is 10.6. The van der Waals surface area contributed by atoms with E-state index >= 15 is 0 Å². The summed E-state index contributed by atoms with van der Waals surface area (Å²) in [5.41, 5.74) is 0.338. The Bertz CT molecular complexity index is 310. The third-order valence-corrected chi connectivity index (χ3v) is 2.15. The van der Waals surface area contributed by atoms with E-state index in [2.05, 4.69) is 26.4 Å². The van der Waals surface area contributed by atoms with E-state index in [9.17, 15) is 4.79 Å². The van der Waals surface area contributed by atoms with Crippen LogP contribution in [0.4, 0.5) is 0 Å². The van der Waals surface area contributed by atoms with E-state index in [0.717, 1.165) is 6.42 Å². The third-order valence-electron chi connectivity index (χ3n) is 1.69. The highest BCUT2D eigenvalue weighted by atomic mass is 79.9. The molecule has 0 aliphatic rings. The Balaban J connectivity index is 2.36. The van der Waals surface area contributed by atoms with Crippen molar-refractivity contribution in [3.63, 3.8) is 0 Å². The molecule has 0 saturated carbocycles. The number of carbonyl (C=O) groups excluding carboxylic acids is 1. The molecular formula is C9H13BrN2O2. The normalized spacial score (nSPS) is 12.5. The molecule has 1 aromatic rings. The van der Waals surface area contributed by atoms with Crippen LogP contribution in [0.1, 0.15) is 29.6 Å². The number of aryl methyl sites for hydroxylation is 1. The smallest absolute Gasteiger partial charge is 0.273 e. The summed E-state index contributed by atoms with van der Waals surface area (Å²) in [6.07, 6.45) is 0.891. The average molecular weight is 261 g/mol. The highest BCUT2D eigenvalue weighted by Gasteiger charge is 2.09. The highest BCUT2D eigenvalue weighted by Crippen LogP contribution is 2.03. The molecule has 0 saturated heterocycles. The first-order chi connectivity index (χ1) is 6.59. The van der Waals surface area contributed by atoms with Crippen molar-refractivity contribution >= 4 is 21.8 Å². The standard InChI is InChI=1S/C9H13BrN2O2/c1-6(10)3-4-11-9(13)8-5-7(2)14-12-8/h5-6H,3-4H2,1-2H3,(H,11,13). The van der Waals surface area contributed by atoms with Crippen LogP contribution in [-0.4, -0.2) is 22.4 Å². The van der Waals surface area contributed by atoms with Gasteiger partial charge in [-0.2, -0.15) is 0 Å². The summed E-state index contributed by atoms with van der Waals surface area (Å²) in [5.74, 6) is 0.457. The second-order valence-electron chi connectivity index (χ2n) is 3.15. The molecule has 1 N–H and O–H groups in total. The van der Waals surface area contributed by atoms with E-state index in [0.29, 0.717) is 22.8 Å². The zero-order valence-electron chi connectivity index (χ0n) is 8.21. The van der Waals surface area contributed by atoms with Crippen LogP contribution in [-0.2, 0) is 0 Å². The Morgan fingerprint density at radius 3 is 3.00 bits per heavy atom. The van der Waals surface area contributed by atoms with Gasteiger partial charge < -0.3 is 9.84 Å². The maximum atomic E-state index is 11.4. The van der Waals surface area contributed by atoms with Gasteiger partial charge in [0.05, 0.1) is 0 Å². The largest absolute Gasteiger partial charge is 0.361 e. The maximum absolute atomic E-state index is 11.4. The first kappa shape index (κ1) is 11.2. The minimum absolute atomic E-state index is 0.185. The molecule has 0 aliphatic carbocycles. The van der Waals surface area contributed by atoms with E-state index in [1.54, 1.807) is 13.0 Å². The van der Waals surface area contributed by atoms with Gasteiger partial charge in [0.25, 0.3) is 5.91 Å². The number of rotatable bonds is 4. The number of carbonyl (C=O) groups is 1. The summed E-state index contributed by atoms with van der Waals surface area (Å²) in [4.78, 5) is 11.8. The highest BCUT2D eigenvalue weighted by molar-refractivity contribution is 9.09. The van der Waals surface area contributed by atoms with E-state index in [1.165, 1.54) is 0 Å². The fourth-order valence-electron chi connectivity index (χ4n) is 0.949. The molecule has 1 atom stereocenters. The van der Waals surface area contributed by atoms with Crippen molar-refractivity contribution in [2.75, 3.05) is 6.54 Å². The number of amides is 1. The van der Waals surface area contributed by atoms with E-state index in [4.69, 9.17) is 4.52 Å². The van der Waals surface area contributed by atoms with Crippen LogP contribution in [0.2, 0.25) is 0 Å². The van der Waals surface area contributed by atoms with Crippen LogP contribution in [0, 0.1) is 6.92 Å². The van der Waals surface area contributed by atoms with Gasteiger partial charge in [-0.25, -0.2) is 0 Å². The number of nitrogens with zero attached hydrogens (tertiary/aromatic N) is 1. The summed E-state index contributed by atoms with van der Waals surface area (Å²) in [7, 11) is 0. The van der Waals surface area contributed by atoms with Crippen molar-refractivity contribution in [1.29, 1.82) is 0 Å². The number of nitrogens with one attached hydrogen (secondary N) is 1. The van der Waals surface area contributed by atoms with Crippen molar-refractivity contribution in [1.82, 2.24) is 10.5 Å². The third kappa shape index (κ3) is 3.49. The minimum atomic E-state index is -0.185. The molecule has 5 heteroatoms. The molecule has 14 heavy (non-hydrogen) atoms. The Kier molecular flexibility index (Phi) is 4.13. The fraction of sp³-hybridized carbons (Fsp3) is 0.556. The molecule has 0 aliphatic heterocycles. The second kappa shape index (κ2) is 5.14. The van der Waals surface area contributed by atoms with Gasteiger partial charge >= 0.3 is 0 Å². The Hall–Kier alpha value is -0.840. The number of alkyl halides is 1. The van der Waals surface area contributed by atoms with Crippen molar-refractivity contribution in [2.24, 2.45) is 0 Å². The van der Waals surface area contributed by atoms with E-state index in [1.807, 2.05) is 6.92 Å². The van der Waals surface area contributed by atoms with Gasteiger partial charge in [0, 0.05) is 17.4 Å². The molecule has 1 amide bonds. The minimum Gasteiger partial charge on any atom is -0.361 e. The Morgan fingerprint density at radius 2 is 2.50 bits per heavy atom. The first-order valence-electron chi connectivity index (χ1n) is 4.45. The van der Waals surface area contributed by atoms with Gasteiger partial charge in [-0.05, 0) is 13.3 Å². The fourth-order valence-corrected chi connectivity index (χ4v) is 1.18. The molecule has 1 aromatic heterocycles. The lowest BCUT2D eigenvalue weighted by Gasteiger charge is -2.03. The van der Waals surface area contributed by atoms with Crippen LogP contribution in [0.3, 0.4) is 0 Å². The Labute approximate surface area is 91.2 Å². The first-order valence-corrected chi connectivity index (χ1v) is 5.36.